The van der Waals surface area contributed by atoms with Crippen LogP contribution >= 0.6 is 15.9 Å². The molecule has 1 rings (SSSR count). The molecule has 0 N–H and O–H groups in total. The number of hydrazone groups is 1. The minimum absolute atomic E-state index is 0.00926. The zero-order valence-electron chi connectivity index (χ0n) is 6.18. The first-order valence-corrected chi connectivity index (χ1v) is 3.78. The molecule has 56 valence electrons. The average molecular weight is 205 g/mol. The van der Waals surface area contributed by atoms with Crippen molar-refractivity contribution in [1.29, 1.82) is 0 Å². The van der Waals surface area contributed by atoms with Crippen molar-refractivity contribution in [3.05, 3.63) is 0 Å². The van der Waals surface area contributed by atoms with Gasteiger partial charge in [-0.3, -0.25) is 4.79 Å². The second-order valence-electron chi connectivity index (χ2n) is 2.52. The molecule has 0 aliphatic carbocycles. The molecule has 0 aromatic carbocycles. The van der Waals surface area contributed by atoms with Gasteiger partial charge in [0.05, 0.1) is 5.71 Å². The highest BCUT2D eigenvalue weighted by molar-refractivity contribution is 9.10. The van der Waals surface area contributed by atoms with Crippen molar-refractivity contribution >= 4 is 27.5 Å². The summed E-state index contributed by atoms with van der Waals surface area (Å²) >= 11 is 3.29. The van der Waals surface area contributed by atoms with Crippen molar-refractivity contribution in [1.82, 2.24) is 5.01 Å². The fourth-order valence-corrected chi connectivity index (χ4v) is 1.16. The van der Waals surface area contributed by atoms with Crippen LogP contribution in [0.3, 0.4) is 0 Å². The summed E-state index contributed by atoms with van der Waals surface area (Å²) in [6, 6.07) is 0. The zero-order valence-corrected chi connectivity index (χ0v) is 7.77. The number of hydrogen-bond acceptors (Lipinski definition) is 2. The minimum Gasteiger partial charge on any atom is -0.271 e. The molecule has 10 heavy (non-hydrogen) atoms. The molecule has 1 atom stereocenters. The number of carbonyl (C=O) groups excluding carboxylic acids is 1. The largest absolute Gasteiger partial charge is 0.271 e. The van der Waals surface area contributed by atoms with Crippen molar-refractivity contribution < 1.29 is 4.79 Å². The third kappa shape index (κ3) is 0.868. The monoisotopic (exact) mass is 204 g/mol. The first-order chi connectivity index (χ1) is 4.46. The minimum atomic E-state index is -0.568. The summed E-state index contributed by atoms with van der Waals surface area (Å²) in [5.74, 6) is -0.00926. The van der Waals surface area contributed by atoms with Gasteiger partial charge in [0.1, 0.15) is 4.32 Å². The topological polar surface area (TPSA) is 32.7 Å². The van der Waals surface area contributed by atoms with Gasteiger partial charge in [0, 0.05) is 7.05 Å². The Balaban J connectivity index is 3.00. The highest BCUT2D eigenvalue weighted by atomic mass is 79.9. The molecular weight excluding hydrogens is 196 g/mol. The maximum absolute atomic E-state index is 11.2. The highest BCUT2D eigenvalue weighted by Gasteiger charge is 2.41. The number of hydrogen-bond donors (Lipinski definition) is 0. The third-order valence-electron chi connectivity index (χ3n) is 1.68. The van der Waals surface area contributed by atoms with Crippen LogP contribution in [0, 0.1) is 0 Å². The third-order valence-corrected chi connectivity index (χ3v) is 2.59. The summed E-state index contributed by atoms with van der Waals surface area (Å²) in [6.07, 6.45) is 0. The SMILES string of the molecule is CC1=NN(C)C(=O)C1(C)Br. The maximum atomic E-state index is 11.2. The smallest absolute Gasteiger partial charge is 0.264 e. The van der Waals surface area contributed by atoms with Gasteiger partial charge in [-0.25, -0.2) is 5.01 Å². The Morgan fingerprint density at radius 1 is 1.70 bits per heavy atom. The van der Waals surface area contributed by atoms with E-state index in [1.54, 1.807) is 14.0 Å². The van der Waals surface area contributed by atoms with Crippen LogP contribution < -0.4 is 0 Å². The maximum Gasteiger partial charge on any atom is 0.264 e. The fourth-order valence-electron chi connectivity index (χ4n) is 0.823. The normalized spacial score (nSPS) is 33.0. The Labute approximate surface area is 68.2 Å². The molecule has 0 aromatic rings. The number of alkyl halides is 1. The van der Waals surface area contributed by atoms with E-state index in [1.807, 2.05) is 6.92 Å². The van der Waals surface area contributed by atoms with Crippen LogP contribution in [0.4, 0.5) is 0 Å². The number of halogens is 1. The Morgan fingerprint density at radius 2 is 2.20 bits per heavy atom. The van der Waals surface area contributed by atoms with E-state index in [1.165, 1.54) is 5.01 Å². The molecule has 0 radical (unpaired) electrons. The van der Waals surface area contributed by atoms with Crippen molar-refractivity contribution in [2.75, 3.05) is 7.05 Å². The van der Waals surface area contributed by atoms with Crippen molar-refractivity contribution in [3.8, 4) is 0 Å². The summed E-state index contributed by atoms with van der Waals surface area (Å²) in [6.45, 7) is 3.63. The zero-order chi connectivity index (χ0) is 7.94. The first kappa shape index (κ1) is 7.72. The molecule has 0 bridgehead atoms. The second kappa shape index (κ2) is 2.05. The lowest BCUT2D eigenvalue weighted by Crippen LogP contribution is -2.35. The van der Waals surface area contributed by atoms with Gasteiger partial charge in [0.2, 0.25) is 0 Å². The summed E-state index contributed by atoms with van der Waals surface area (Å²) < 4.78 is -0.568. The van der Waals surface area contributed by atoms with Gasteiger partial charge >= 0.3 is 0 Å². The second-order valence-corrected chi connectivity index (χ2v) is 4.10. The molecule has 0 fully saturated rings. The molecule has 1 aliphatic heterocycles. The molecule has 4 heteroatoms. The van der Waals surface area contributed by atoms with E-state index in [2.05, 4.69) is 21.0 Å². The summed E-state index contributed by atoms with van der Waals surface area (Å²) in [4.78, 5) is 11.2. The van der Waals surface area contributed by atoms with Crippen molar-refractivity contribution in [3.63, 3.8) is 0 Å². The van der Waals surface area contributed by atoms with E-state index in [4.69, 9.17) is 0 Å². The Kier molecular flexibility index (Phi) is 1.58. The molecule has 0 saturated heterocycles. The van der Waals surface area contributed by atoms with Crippen LogP contribution in [0.2, 0.25) is 0 Å². The lowest BCUT2D eigenvalue weighted by molar-refractivity contribution is -0.128. The van der Waals surface area contributed by atoms with Crippen LogP contribution in [-0.4, -0.2) is 28.0 Å². The van der Waals surface area contributed by atoms with Gasteiger partial charge in [-0.1, -0.05) is 15.9 Å². The van der Waals surface area contributed by atoms with E-state index in [0.29, 0.717) is 0 Å². The number of rotatable bonds is 0. The van der Waals surface area contributed by atoms with Gasteiger partial charge < -0.3 is 0 Å². The number of nitrogens with zero attached hydrogens (tertiary/aromatic N) is 2. The Hall–Kier alpha value is -0.380. The van der Waals surface area contributed by atoms with E-state index in [-0.39, 0.29) is 5.91 Å². The van der Waals surface area contributed by atoms with Crippen LogP contribution in [0.5, 0.6) is 0 Å². The standard InChI is InChI=1S/C6H9BrN2O/c1-4-6(2,7)5(10)9(3)8-4/h1-3H3. The predicted molar refractivity (Wildman–Crippen MR) is 43.2 cm³/mol. The van der Waals surface area contributed by atoms with E-state index in [0.717, 1.165) is 5.71 Å². The van der Waals surface area contributed by atoms with Crippen LogP contribution in [-0.2, 0) is 4.79 Å². The fraction of sp³-hybridized carbons (Fsp3) is 0.667. The number of carbonyl (C=O) groups is 1. The Morgan fingerprint density at radius 3 is 2.30 bits per heavy atom. The number of amides is 1. The van der Waals surface area contributed by atoms with E-state index < -0.39 is 4.32 Å². The molecule has 0 spiro atoms. The van der Waals surface area contributed by atoms with Gasteiger partial charge in [-0.15, -0.1) is 0 Å². The van der Waals surface area contributed by atoms with Gasteiger partial charge in [-0.2, -0.15) is 5.10 Å². The van der Waals surface area contributed by atoms with Crippen LogP contribution in [0.15, 0.2) is 5.10 Å². The molecule has 3 nitrogen and oxygen atoms in total. The first-order valence-electron chi connectivity index (χ1n) is 2.99. The summed E-state index contributed by atoms with van der Waals surface area (Å²) in [5, 5.41) is 5.33. The molecule has 0 saturated carbocycles. The lowest BCUT2D eigenvalue weighted by Gasteiger charge is -2.12. The van der Waals surface area contributed by atoms with Gasteiger partial charge in [0.15, 0.2) is 0 Å². The molecule has 1 amide bonds. The van der Waals surface area contributed by atoms with Gasteiger partial charge in [-0.05, 0) is 13.8 Å². The Bertz CT molecular complexity index is 210. The molecule has 1 aliphatic rings. The summed E-state index contributed by atoms with van der Waals surface area (Å²) in [5.41, 5.74) is 0.806. The molecule has 1 heterocycles. The van der Waals surface area contributed by atoms with Crippen molar-refractivity contribution in [2.24, 2.45) is 5.10 Å². The van der Waals surface area contributed by atoms with Crippen molar-refractivity contribution in [2.45, 2.75) is 18.2 Å². The highest BCUT2D eigenvalue weighted by Crippen LogP contribution is 2.27. The lowest BCUT2D eigenvalue weighted by atomic mass is 10.1. The quantitative estimate of drug-likeness (QED) is 0.542. The van der Waals surface area contributed by atoms with Crippen LogP contribution in [0.25, 0.3) is 0 Å². The summed E-state index contributed by atoms with van der Waals surface area (Å²) in [7, 11) is 1.65. The molecule has 1 unspecified atom stereocenters. The van der Waals surface area contributed by atoms with Gasteiger partial charge in [0.25, 0.3) is 5.91 Å². The molecule has 0 aromatic heterocycles. The van der Waals surface area contributed by atoms with Crippen LogP contribution in [0.1, 0.15) is 13.8 Å². The molecular formula is C6H9BrN2O. The predicted octanol–water partition coefficient (Wildman–Crippen LogP) is 0.988. The average Bonchev–Trinajstić information content (AvgIpc) is 1.97. The van der Waals surface area contributed by atoms with E-state index in [9.17, 15) is 4.79 Å². The van der Waals surface area contributed by atoms with E-state index >= 15 is 0 Å².